The first kappa shape index (κ1) is 37.0. The molecule has 0 saturated carbocycles. The fourth-order valence-corrected chi connectivity index (χ4v) is 4.35. The minimum absolute atomic E-state index is 0.0880. The van der Waals surface area contributed by atoms with Gasteiger partial charge in [0.1, 0.15) is 11.5 Å². The normalized spacial score (nSPS) is 10.6. The van der Waals surface area contributed by atoms with Gasteiger partial charge in [0, 0.05) is 6.07 Å². The number of ether oxygens (including phenoxy) is 1. The van der Waals surface area contributed by atoms with Gasteiger partial charge in [-0.1, -0.05) is 148 Å². The molecule has 228 valence electrons. The van der Waals surface area contributed by atoms with Crippen LogP contribution in [0, 0.1) is 0 Å². The predicted molar refractivity (Wildman–Crippen MR) is 161 cm³/mol. The van der Waals surface area contributed by atoms with Crippen LogP contribution in [0.1, 0.15) is 155 Å². The van der Waals surface area contributed by atoms with Gasteiger partial charge in [0.15, 0.2) is 0 Å². The van der Waals surface area contributed by atoms with Crippen molar-refractivity contribution in [2.75, 3.05) is 13.2 Å². The van der Waals surface area contributed by atoms with Crippen molar-refractivity contribution < 1.29 is 29.5 Å². The molecule has 0 aliphatic carbocycles. The number of phenols is 2. The van der Waals surface area contributed by atoms with E-state index in [9.17, 15) is 4.79 Å². The predicted octanol–water partition coefficient (Wildman–Crippen LogP) is 10.8. The molecule has 0 aliphatic rings. The summed E-state index contributed by atoms with van der Waals surface area (Å²) in [5.41, 5.74) is 0. The van der Waals surface area contributed by atoms with Gasteiger partial charge in [0.25, 0.3) is 0 Å². The molecule has 0 saturated heterocycles. The van der Waals surface area contributed by atoms with Crippen molar-refractivity contribution in [1.82, 2.24) is 0 Å². The van der Waals surface area contributed by atoms with E-state index in [4.69, 9.17) is 19.8 Å². The summed E-state index contributed by atoms with van der Waals surface area (Å²) in [7, 11) is 0. The van der Waals surface area contributed by atoms with Crippen LogP contribution in [0.25, 0.3) is 0 Å². The van der Waals surface area contributed by atoms with E-state index < -0.39 is 6.16 Å². The van der Waals surface area contributed by atoms with E-state index in [0.29, 0.717) is 13.2 Å². The molecule has 39 heavy (non-hydrogen) atoms. The summed E-state index contributed by atoms with van der Waals surface area (Å²) >= 11 is 0. The molecule has 0 bridgehead atoms. The van der Waals surface area contributed by atoms with Crippen molar-refractivity contribution in [3.63, 3.8) is 0 Å². The quantitative estimate of drug-likeness (QED) is 0.0543. The minimum Gasteiger partial charge on any atom is -0.508 e. The van der Waals surface area contributed by atoms with Gasteiger partial charge in [-0.15, -0.1) is 0 Å². The maximum absolute atomic E-state index is 11.5. The van der Waals surface area contributed by atoms with E-state index in [-0.39, 0.29) is 11.5 Å². The van der Waals surface area contributed by atoms with Crippen LogP contribution in [-0.4, -0.2) is 29.6 Å². The molecule has 0 heterocycles. The van der Waals surface area contributed by atoms with Crippen molar-refractivity contribution in [1.29, 1.82) is 0 Å². The molecule has 0 aliphatic heterocycles. The Kier molecular flexibility index (Phi) is 29.1. The minimum atomic E-state index is -0.699. The standard InChI is InChI=1S/C27H54O4.C6H6O2/c1-3-5-7-9-11-13-15-17-19-21-23-25-29-27(28)31-30-26-24-22-20-18-16-14-12-10-8-6-4-2;7-5-2-1-3-6(8)4-5/h3-26H2,1-2H3;1-4,7-8H. The van der Waals surface area contributed by atoms with Crippen LogP contribution in [0.3, 0.4) is 0 Å². The van der Waals surface area contributed by atoms with Crippen molar-refractivity contribution in [2.45, 2.75) is 155 Å². The van der Waals surface area contributed by atoms with Crippen LogP contribution in [-0.2, 0) is 14.5 Å². The molecule has 0 spiro atoms. The highest BCUT2D eigenvalue weighted by molar-refractivity contribution is 5.58. The topological polar surface area (TPSA) is 85.2 Å². The number of hydrogen-bond donors (Lipinski definition) is 2. The van der Waals surface area contributed by atoms with Crippen molar-refractivity contribution in [3.8, 4) is 11.5 Å². The van der Waals surface area contributed by atoms with Crippen LogP contribution in [0.2, 0.25) is 0 Å². The van der Waals surface area contributed by atoms with E-state index in [0.717, 1.165) is 25.7 Å². The Morgan fingerprint density at radius 2 is 0.923 bits per heavy atom. The number of hydrogen-bond acceptors (Lipinski definition) is 6. The third-order valence-corrected chi connectivity index (χ3v) is 6.76. The molecule has 0 fully saturated rings. The molecule has 0 aromatic heterocycles. The van der Waals surface area contributed by atoms with Crippen LogP contribution in [0.15, 0.2) is 24.3 Å². The van der Waals surface area contributed by atoms with Crippen LogP contribution >= 0.6 is 0 Å². The SMILES string of the molecule is CCCCCCCCCCCCCOOC(=O)OCCCCCCCCCCCCC.Oc1cccc(O)c1. The van der Waals surface area contributed by atoms with Gasteiger partial charge in [-0.25, -0.2) is 4.79 Å². The molecule has 1 aromatic carbocycles. The Morgan fingerprint density at radius 1 is 0.564 bits per heavy atom. The second kappa shape index (κ2) is 30.6. The summed E-state index contributed by atoms with van der Waals surface area (Å²) < 4.78 is 5.05. The number of rotatable bonds is 25. The fraction of sp³-hybridized carbons (Fsp3) is 0.788. The lowest BCUT2D eigenvalue weighted by Gasteiger charge is -2.06. The van der Waals surface area contributed by atoms with Gasteiger partial charge >= 0.3 is 6.16 Å². The molecule has 0 atom stereocenters. The largest absolute Gasteiger partial charge is 0.540 e. The molecule has 2 N–H and O–H groups in total. The van der Waals surface area contributed by atoms with Crippen LogP contribution in [0.5, 0.6) is 11.5 Å². The second-order valence-electron chi connectivity index (χ2n) is 10.6. The Morgan fingerprint density at radius 3 is 1.28 bits per heavy atom. The number of unbranched alkanes of at least 4 members (excludes halogenated alkanes) is 20. The van der Waals surface area contributed by atoms with E-state index >= 15 is 0 Å². The highest BCUT2D eigenvalue weighted by Crippen LogP contribution is 2.15. The number of carbonyl (C=O) groups excluding carboxylic acids is 1. The van der Waals surface area contributed by atoms with E-state index in [1.54, 1.807) is 6.07 Å². The lowest BCUT2D eigenvalue weighted by atomic mass is 10.1. The van der Waals surface area contributed by atoms with Gasteiger partial charge in [0.05, 0.1) is 13.2 Å². The monoisotopic (exact) mass is 552 g/mol. The molecule has 6 nitrogen and oxygen atoms in total. The summed E-state index contributed by atoms with van der Waals surface area (Å²) in [4.78, 5) is 21.1. The number of phenolic OH excluding ortho intramolecular Hbond substituents is 2. The average Bonchev–Trinajstić information content (AvgIpc) is 2.92. The summed E-state index contributed by atoms with van der Waals surface area (Å²) in [5, 5.41) is 17.3. The fourth-order valence-electron chi connectivity index (χ4n) is 4.35. The molecule has 0 unspecified atom stereocenters. The van der Waals surface area contributed by atoms with Crippen molar-refractivity contribution in [3.05, 3.63) is 24.3 Å². The van der Waals surface area contributed by atoms with E-state index in [2.05, 4.69) is 18.7 Å². The van der Waals surface area contributed by atoms with Gasteiger partial charge in [-0.2, -0.15) is 4.89 Å². The lowest BCUT2D eigenvalue weighted by Crippen LogP contribution is -2.09. The van der Waals surface area contributed by atoms with Crippen LogP contribution < -0.4 is 0 Å². The van der Waals surface area contributed by atoms with Gasteiger partial charge in [-0.3, -0.25) is 4.89 Å². The molecule has 0 amide bonds. The third-order valence-electron chi connectivity index (χ3n) is 6.76. The first-order valence-corrected chi connectivity index (χ1v) is 16.0. The first-order chi connectivity index (χ1) is 19.1. The van der Waals surface area contributed by atoms with E-state index in [1.165, 1.54) is 134 Å². The summed E-state index contributed by atoms with van der Waals surface area (Å²) in [6, 6.07) is 5.85. The van der Waals surface area contributed by atoms with Gasteiger partial charge < -0.3 is 14.9 Å². The zero-order valence-electron chi connectivity index (χ0n) is 25.3. The van der Waals surface area contributed by atoms with Crippen molar-refractivity contribution in [2.24, 2.45) is 0 Å². The zero-order valence-corrected chi connectivity index (χ0v) is 25.3. The molecule has 1 rings (SSSR count). The summed E-state index contributed by atoms with van der Waals surface area (Å²) in [6.45, 7) is 5.41. The molecule has 1 aromatic rings. The van der Waals surface area contributed by atoms with Crippen LogP contribution in [0.4, 0.5) is 4.79 Å². The third kappa shape index (κ3) is 30.4. The second-order valence-corrected chi connectivity index (χ2v) is 10.6. The Balaban J connectivity index is 0.00000152. The smallest absolute Gasteiger partial charge is 0.508 e. The molecule has 0 radical (unpaired) electrons. The molecular formula is C33H60O6. The molecule has 6 heteroatoms. The number of carbonyl (C=O) groups is 1. The maximum Gasteiger partial charge on any atom is 0.540 e. The maximum atomic E-state index is 11.5. The van der Waals surface area contributed by atoms with Gasteiger partial charge in [0.2, 0.25) is 0 Å². The highest BCUT2D eigenvalue weighted by atomic mass is 17.2. The zero-order chi connectivity index (χ0) is 28.7. The Hall–Kier alpha value is -1.95. The Labute approximate surface area is 239 Å². The average molecular weight is 553 g/mol. The van der Waals surface area contributed by atoms with Crippen molar-refractivity contribution >= 4 is 6.16 Å². The summed E-state index contributed by atoms with van der Waals surface area (Å²) in [6.07, 6.45) is 27.6. The summed E-state index contributed by atoms with van der Waals surface area (Å²) in [5.74, 6) is 0.176. The van der Waals surface area contributed by atoms with Gasteiger partial charge in [-0.05, 0) is 25.0 Å². The van der Waals surface area contributed by atoms with E-state index in [1.807, 2.05) is 0 Å². The number of aromatic hydroxyl groups is 2. The highest BCUT2D eigenvalue weighted by Gasteiger charge is 2.04. The Bertz CT molecular complexity index is 619. The first-order valence-electron chi connectivity index (χ1n) is 16.0. The lowest BCUT2D eigenvalue weighted by molar-refractivity contribution is -0.255. The molecular weight excluding hydrogens is 492 g/mol. The number of benzene rings is 1.